The van der Waals surface area contributed by atoms with E-state index in [0.29, 0.717) is 16.9 Å². The summed E-state index contributed by atoms with van der Waals surface area (Å²) < 4.78 is 18.2. The van der Waals surface area contributed by atoms with Crippen molar-refractivity contribution in [2.45, 2.75) is 50.9 Å². The lowest BCUT2D eigenvalue weighted by Crippen LogP contribution is -2.56. The number of nitrogens with zero attached hydrogens (tertiary/aromatic N) is 1. The van der Waals surface area contributed by atoms with Crippen molar-refractivity contribution < 1.29 is 18.7 Å². The van der Waals surface area contributed by atoms with Crippen LogP contribution in [0, 0.1) is 0 Å². The molecule has 2 atom stereocenters. The van der Waals surface area contributed by atoms with Gasteiger partial charge < -0.3 is 13.9 Å². The first-order valence-corrected chi connectivity index (χ1v) is 11.2. The maximum Gasteiger partial charge on any atom is 0.338 e. The highest BCUT2D eigenvalue weighted by Crippen LogP contribution is 2.48. The van der Waals surface area contributed by atoms with Gasteiger partial charge in [-0.15, -0.1) is 0 Å². The fourth-order valence-electron chi connectivity index (χ4n) is 4.91. The Hall–Kier alpha value is -3.12. The standard InChI is InChI=1S/C26H27NO5/c1-26(2)24(31-25(29)18-9-5-3-6-10-18)22(27-15-7-4-8-16-27)21-19(32-26)13-11-17-12-14-20(28)30-23(17)21/h3,5-6,9-14,22,24H,4,7-8,15-16H2,1-2H3/t22-,24-/m0/s1. The van der Waals surface area contributed by atoms with Crippen LogP contribution in [0.15, 0.2) is 63.8 Å². The van der Waals surface area contributed by atoms with Crippen molar-refractivity contribution in [1.82, 2.24) is 4.90 Å². The number of hydrogen-bond acceptors (Lipinski definition) is 6. The maximum absolute atomic E-state index is 13.1. The zero-order valence-electron chi connectivity index (χ0n) is 18.4. The van der Waals surface area contributed by atoms with E-state index >= 15 is 0 Å². The third kappa shape index (κ3) is 3.69. The first-order valence-electron chi connectivity index (χ1n) is 11.2. The van der Waals surface area contributed by atoms with Crippen molar-refractivity contribution >= 4 is 16.9 Å². The number of fused-ring (bicyclic) bond motifs is 3. The van der Waals surface area contributed by atoms with Gasteiger partial charge in [0.15, 0.2) is 6.10 Å². The molecule has 1 saturated heterocycles. The Kier molecular flexibility index (Phi) is 5.25. The lowest BCUT2D eigenvalue weighted by Gasteiger charge is -2.48. The molecule has 0 amide bonds. The van der Waals surface area contributed by atoms with Crippen LogP contribution in [-0.2, 0) is 4.74 Å². The van der Waals surface area contributed by atoms with Gasteiger partial charge >= 0.3 is 11.6 Å². The molecule has 1 aromatic heterocycles. The van der Waals surface area contributed by atoms with Gasteiger partial charge in [0.05, 0.1) is 17.2 Å². The summed E-state index contributed by atoms with van der Waals surface area (Å²) in [5.74, 6) is 0.277. The SMILES string of the molecule is CC1(C)Oc2ccc3ccc(=O)oc3c2[C@H](N2CCCCC2)[C@@H]1OC(=O)c1ccccc1. The van der Waals surface area contributed by atoms with Crippen LogP contribution in [0.5, 0.6) is 5.75 Å². The molecule has 0 aliphatic carbocycles. The average Bonchev–Trinajstić information content (AvgIpc) is 2.80. The third-order valence-corrected chi connectivity index (χ3v) is 6.46. The summed E-state index contributed by atoms with van der Waals surface area (Å²) in [7, 11) is 0. The van der Waals surface area contributed by atoms with Crippen molar-refractivity contribution in [3.05, 3.63) is 76.1 Å². The van der Waals surface area contributed by atoms with E-state index in [1.807, 2.05) is 44.2 Å². The minimum absolute atomic E-state index is 0.282. The van der Waals surface area contributed by atoms with E-state index in [2.05, 4.69) is 4.90 Å². The molecule has 0 spiro atoms. The third-order valence-electron chi connectivity index (χ3n) is 6.46. The van der Waals surface area contributed by atoms with Crippen molar-refractivity contribution in [1.29, 1.82) is 0 Å². The molecule has 6 heteroatoms. The second-order valence-corrected chi connectivity index (χ2v) is 9.09. The van der Waals surface area contributed by atoms with Crippen LogP contribution in [0.25, 0.3) is 11.0 Å². The molecule has 0 saturated carbocycles. The first kappa shape index (κ1) is 20.8. The summed E-state index contributed by atoms with van der Waals surface area (Å²) in [6, 6.07) is 15.7. The monoisotopic (exact) mass is 433 g/mol. The van der Waals surface area contributed by atoms with E-state index in [4.69, 9.17) is 13.9 Å². The zero-order chi connectivity index (χ0) is 22.3. The number of likely N-dealkylation sites (tertiary alicyclic amines) is 1. The predicted molar refractivity (Wildman–Crippen MR) is 121 cm³/mol. The molecular weight excluding hydrogens is 406 g/mol. The van der Waals surface area contributed by atoms with Crippen LogP contribution < -0.4 is 10.4 Å². The number of ether oxygens (including phenoxy) is 2. The Labute approximate surface area is 186 Å². The normalized spacial score (nSPS) is 22.7. The number of carbonyl (C=O) groups excluding carboxylic acids is 1. The van der Waals surface area contributed by atoms with Gasteiger partial charge in [0.25, 0.3) is 0 Å². The van der Waals surface area contributed by atoms with E-state index in [1.54, 1.807) is 18.2 Å². The highest BCUT2D eigenvalue weighted by Gasteiger charge is 2.50. The Bertz CT molecular complexity index is 1190. The zero-order valence-corrected chi connectivity index (χ0v) is 18.4. The first-order chi connectivity index (χ1) is 15.4. The predicted octanol–water partition coefficient (Wildman–Crippen LogP) is 4.72. The number of hydrogen-bond donors (Lipinski definition) is 0. The summed E-state index contributed by atoms with van der Waals surface area (Å²) >= 11 is 0. The van der Waals surface area contributed by atoms with E-state index < -0.39 is 17.3 Å². The van der Waals surface area contributed by atoms with E-state index in [-0.39, 0.29) is 12.0 Å². The van der Waals surface area contributed by atoms with Crippen LogP contribution >= 0.6 is 0 Å². The largest absolute Gasteiger partial charge is 0.483 e. The van der Waals surface area contributed by atoms with Crippen molar-refractivity contribution in [3.63, 3.8) is 0 Å². The van der Waals surface area contributed by atoms with Gasteiger partial charge in [0.2, 0.25) is 0 Å². The molecule has 0 radical (unpaired) electrons. The van der Waals surface area contributed by atoms with Crippen LogP contribution in [0.3, 0.4) is 0 Å². The van der Waals surface area contributed by atoms with Gasteiger partial charge in [-0.2, -0.15) is 0 Å². The minimum Gasteiger partial charge on any atom is -0.483 e. The number of benzene rings is 2. The Morgan fingerprint density at radius 2 is 1.72 bits per heavy atom. The Morgan fingerprint density at radius 3 is 2.47 bits per heavy atom. The van der Waals surface area contributed by atoms with E-state index in [1.165, 1.54) is 12.5 Å². The van der Waals surface area contributed by atoms with Gasteiger partial charge in [-0.25, -0.2) is 9.59 Å². The quantitative estimate of drug-likeness (QED) is 0.440. The molecule has 1 fully saturated rings. The Balaban J connectivity index is 1.66. The van der Waals surface area contributed by atoms with E-state index in [9.17, 15) is 9.59 Å². The molecule has 2 aromatic carbocycles. The summed E-state index contributed by atoms with van der Waals surface area (Å²) in [5, 5.41) is 0.821. The number of carbonyl (C=O) groups is 1. The molecule has 3 aromatic rings. The minimum atomic E-state index is -0.775. The molecule has 166 valence electrons. The molecule has 5 rings (SSSR count). The van der Waals surface area contributed by atoms with Crippen LogP contribution in [-0.4, -0.2) is 35.7 Å². The van der Waals surface area contributed by atoms with Crippen molar-refractivity contribution in [2.24, 2.45) is 0 Å². The van der Waals surface area contributed by atoms with Crippen molar-refractivity contribution in [2.75, 3.05) is 13.1 Å². The topological polar surface area (TPSA) is 69.0 Å². The smallest absolute Gasteiger partial charge is 0.338 e. The second kappa shape index (κ2) is 8.10. The average molecular weight is 434 g/mol. The van der Waals surface area contributed by atoms with Crippen molar-refractivity contribution in [3.8, 4) is 5.75 Å². The van der Waals surface area contributed by atoms with Gasteiger partial charge in [0, 0.05) is 11.5 Å². The summed E-state index contributed by atoms with van der Waals surface area (Å²) in [6.45, 7) is 5.66. The second-order valence-electron chi connectivity index (χ2n) is 9.09. The van der Waals surface area contributed by atoms with Crippen LogP contribution in [0.4, 0.5) is 0 Å². The molecule has 0 N–H and O–H groups in total. The van der Waals surface area contributed by atoms with Gasteiger partial charge in [-0.05, 0) is 70.1 Å². The lowest BCUT2D eigenvalue weighted by atomic mass is 9.83. The van der Waals surface area contributed by atoms with Crippen LogP contribution in [0.1, 0.15) is 55.1 Å². The molecule has 0 unspecified atom stereocenters. The fourth-order valence-corrected chi connectivity index (χ4v) is 4.91. The molecule has 2 aliphatic heterocycles. The highest BCUT2D eigenvalue weighted by molar-refractivity contribution is 5.89. The molecule has 3 heterocycles. The number of esters is 1. The summed E-state index contributed by atoms with van der Waals surface area (Å²) in [5.41, 5.74) is 0.596. The summed E-state index contributed by atoms with van der Waals surface area (Å²) in [6.07, 6.45) is 2.73. The van der Waals surface area contributed by atoms with Gasteiger partial charge in [0.1, 0.15) is 16.9 Å². The van der Waals surface area contributed by atoms with E-state index in [0.717, 1.165) is 36.9 Å². The van der Waals surface area contributed by atoms with Crippen LogP contribution in [0.2, 0.25) is 0 Å². The molecule has 0 bridgehead atoms. The number of rotatable bonds is 3. The lowest BCUT2D eigenvalue weighted by molar-refractivity contribution is -0.105. The van der Waals surface area contributed by atoms with Gasteiger partial charge in [-0.3, -0.25) is 4.90 Å². The number of piperidine rings is 1. The maximum atomic E-state index is 13.1. The van der Waals surface area contributed by atoms with Gasteiger partial charge in [-0.1, -0.05) is 24.6 Å². The molecular formula is C26H27NO5. The fraction of sp³-hybridized carbons (Fsp3) is 0.385. The molecule has 32 heavy (non-hydrogen) atoms. The Morgan fingerprint density at radius 1 is 1.00 bits per heavy atom. The summed E-state index contributed by atoms with van der Waals surface area (Å²) in [4.78, 5) is 27.6. The highest BCUT2D eigenvalue weighted by atomic mass is 16.6. The molecule has 6 nitrogen and oxygen atoms in total. The molecule has 2 aliphatic rings.